The molecule has 1 N–H and O–H groups in total. The molecule has 0 bridgehead atoms. The maximum absolute atomic E-state index is 11.2. The second kappa shape index (κ2) is 4.77. The molecule has 2 aliphatic rings. The zero-order chi connectivity index (χ0) is 12.5. The molecule has 0 radical (unpaired) electrons. The number of hydrogen-bond acceptors (Lipinski definition) is 2. The minimum absolute atomic E-state index is 0.0776. The van der Waals surface area contributed by atoms with Crippen LogP contribution in [0.2, 0.25) is 0 Å². The lowest BCUT2D eigenvalue weighted by Crippen LogP contribution is -2.38. The first-order valence-electron chi connectivity index (χ1n) is 6.54. The Balaban J connectivity index is 2.20. The molecule has 2 rings (SSSR count). The average Bonchev–Trinajstić information content (AvgIpc) is 2.35. The molecule has 0 saturated heterocycles. The molecule has 0 aromatic heterocycles. The summed E-state index contributed by atoms with van der Waals surface area (Å²) >= 11 is 0. The van der Waals surface area contributed by atoms with Crippen molar-refractivity contribution >= 4 is 6.29 Å². The van der Waals surface area contributed by atoms with E-state index in [4.69, 9.17) is 0 Å². The lowest BCUT2D eigenvalue weighted by atomic mass is 9.57. The van der Waals surface area contributed by atoms with Crippen molar-refractivity contribution in [1.29, 1.82) is 0 Å². The van der Waals surface area contributed by atoms with Crippen molar-refractivity contribution in [2.24, 2.45) is 17.3 Å². The molecule has 94 valence electrons. The van der Waals surface area contributed by atoms with Crippen LogP contribution in [-0.4, -0.2) is 18.0 Å². The van der Waals surface area contributed by atoms with Gasteiger partial charge in [-0.15, -0.1) is 0 Å². The van der Waals surface area contributed by atoms with Crippen molar-refractivity contribution in [3.05, 3.63) is 23.8 Å². The Morgan fingerprint density at radius 2 is 2.41 bits per heavy atom. The molecule has 1 fully saturated rings. The molecular weight excluding hydrogens is 212 g/mol. The lowest BCUT2D eigenvalue weighted by molar-refractivity contribution is -0.106. The fourth-order valence-electron chi connectivity index (χ4n) is 3.54. The van der Waals surface area contributed by atoms with Gasteiger partial charge in [-0.1, -0.05) is 19.6 Å². The lowest BCUT2D eigenvalue weighted by Gasteiger charge is -2.47. The molecule has 0 heterocycles. The molecule has 3 atom stereocenters. The van der Waals surface area contributed by atoms with Gasteiger partial charge in [0.1, 0.15) is 6.29 Å². The van der Waals surface area contributed by atoms with Crippen molar-refractivity contribution in [1.82, 2.24) is 0 Å². The van der Waals surface area contributed by atoms with Gasteiger partial charge in [-0.2, -0.15) is 0 Å². The zero-order valence-electron chi connectivity index (χ0n) is 10.6. The summed E-state index contributed by atoms with van der Waals surface area (Å²) in [4.78, 5) is 11.2. The van der Waals surface area contributed by atoms with Crippen LogP contribution in [0.1, 0.15) is 39.0 Å². The predicted molar refractivity (Wildman–Crippen MR) is 68.5 cm³/mol. The van der Waals surface area contributed by atoms with Gasteiger partial charge in [0.15, 0.2) is 0 Å². The fraction of sp³-hybridized carbons (Fsp3) is 0.667. The van der Waals surface area contributed by atoms with E-state index in [0.717, 1.165) is 43.1 Å². The Labute approximate surface area is 103 Å². The van der Waals surface area contributed by atoms with E-state index in [2.05, 4.69) is 19.6 Å². The van der Waals surface area contributed by atoms with Gasteiger partial charge in [-0.05, 0) is 60.5 Å². The Bertz CT molecular complexity index is 356. The summed E-state index contributed by atoms with van der Waals surface area (Å²) in [7, 11) is 0. The quantitative estimate of drug-likeness (QED) is 0.602. The van der Waals surface area contributed by atoms with E-state index in [-0.39, 0.29) is 12.0 Å². The van der Waals surface area contributed by atoms with Gasteiger partial charge in [0.05, 0.1) is 6.61 Å². The van der Waals surface area contributed by atoms with E-state index in [1.54, 1.807) is 0 Å². The average molecular weight is 234 g/mol. The largest absolute Gasteiger partial charge is 0.392 e. The maximum atomic E-state index is 11.2. The summed E-state index contributed by atoms with van der Waals surface area (Å²) in [5.41, 5.74) is 2.20. The van der Waals surface area contributed by atoms with Crippen LogP contribution in [0.15, 0.2) is 23.8 Å². The molecule has 1 saturated carbocycles. The first-order chi connectivity index (χ1) is 8.10. The van der Waals surface area contributed by atoms with Gasteiger partial charge >= 0.3 is 0 Å². The van der Waals surface area contributed by atoms with Crippen molar-refractivity contribution in [3.63, 3.8) is 0 Å². The molecule has 1 unspecified atom stereocenters. The van der Waals surface area contributed by atoms with Gasteiger partial charge in [-0.3, -0.25) is 4.79 Å². The molecule has 0 spiro atoms. The van der Waals surface area contributed by atoms with E-state index in [0.29, 0.717) is 11.8 Å². The van der Waals surface area contributed by atoms with Gasteiger partial charge in [0.25, 0.3) is 0 Å². The molecule has 2 aliphatic carbocycles. The number of allylic oxidation sites excluding steroid dienone is 2. The number of aliphatic hydroxyl groups is 1. The molecule has 2 nitrogen and oxygen atoms in total. The van der Waals surface area contributed by atoms with Crippen LogP contribution in [0.5, 0.6) is 0 Å². The zero-order valence-corrected chi connectivity index (χ0v) is 10.6. The van der Waals surface area contributed by atoms with Crippen LogP contribution in [0, 0.1) is 17.3 Å². The summed E-state index contributed by atoms with van der Waals surface area (Å²) in [6, 6.07) is 0. The van der Waals surface area contributed by atoms with E-state index in [9.17, 15) is 9.90 Å². The number of aldehydes is 1. The minimum atomic E-state index is 0.0776. The minimum Gasteiger partial charge on any atom is -0.392 e. The highest BCUT2D eigenvalue weighted by molar-refractivity contribution is 5.74. The predicted octanol–water partition coefficient (Wildman–Crippen LogP) is 2.88. The second-order valence-electron chi connectivity index (χ2n) is 5.85. The van der Waals surface area contributed by atoms with Gasteiger partial charge < -0.3 is 5.11 Å². The van der Waals surface area contributed by atoms with Crippen LogP contribution in [0.4, 0.5) is 0 Å². The van der Waals surface area contributed by atoms with Crippen molar-refractivity contribution in [2.45, 2.75) is 39.0 Å². The highest BCUT2D eigenvalue weighted by Crippen LogP contribution is 2.52. The van der Waals surface area contributed by atoms with Crippen LogP contribution >= 0.6 is 0 Å². The van der Waals surface area contributed by atoms with E-state index in [1.165, 1.54) is 6.42 Å². The van der Waals surface area contributed by atoms with Crippen LogP contribution in [0.25, 0.3) is 0 Å². The molecule has 17 heavy (non-hydrogen) atoms. The normalized spacial score (nSPS) is 36.9. The molecule has 0 aromatic carbocycles. The highest BCUT2D eigenvalue weighted by Gasteiger charge is 2.43. The maximum Gasteiger partial charge on any atom is 0.146 e. The van der Waals surface area contributed by atoms with E-state index < -0.39 is 0 Å². The third-order valence-corrected chi connectivity index (χ3v) is 4.84. The number of carbonyl (C=O) groups is 1. The number of rotatable bonds is 3. The summed E-state index contributed by atoms with van der Waals surface area (Å²) in [6.07, 6.45) is 8.60. The van der Waals surface area contributed by atoms with E-state index in [1.807, 2.05) is 0 Å². The standard InChI is InChI=1S/C15H22O2/c1-11(9-16)12-5-7-15(2)6-3-4-13(10-17)14(15)8-12/h4,10,12,14,16H,1,3,5-9H2,2H3/t12?,14-,15+/m0/s1. The van der Waals surface area contributed by atoms with Crippen molar-refractivity contribution in [3.8, 4) is 0 Å². The van der Waals surface area contributed by atoms with Gasteiger partial charge in [0, 0.05) is 0 Å². The number of hydrogen-bond donors (Lipinski definition) is 1. The Kier molecular flexibility index (Phi) is 3.53. The smallest absolute Gasteiger partial charge is 0.146 e. The second-order valence-corrected chi connectivity index (χ2v) is 5.85. The number of aliphatic hydroxyl groups excluding tert-OH is 1. The first-order valence-corrected chi connectivity index (χ1v) is 6.54. The molecule has 0 amide bonds. The number of carbonyl (C=O) groups excluding carboxylic acids is 1. The monoisotopic (exact) mass is 234 g/mol. The summed E-state index contributed by atoms with van der Waals surface area (Å²) in [5.74, 6) is 0.760. The van der Waals surface area contributed by atoms with Crippen LogP contribution < -0.4 is 0 Å². The molecule has 0 aromatic rings. The van der Waals surface area contributed by atoms with Crippen molar-refractivity contribution in [2.75, 3.05) is 6.61 Å². The SMILES string of the molecule is C=C(CO)C1CC[C@@]2(C)CCC=C(C=O)[C@@H]2C1. The first kappa shape index (κ1) is 12.6. The van der Waals surface area contributed by atoms with Gasteiger partial charge in [0.2, 0.25) is 0 Å². The Hall–Kier alpha value is -0.890. The summed E-state index contributed by atoms with van der Waals surface area (Å²) < 4.78 is 0. The Morgan fingerprint density at radius 3 is 3.06 bits per heavy atom. The fourth-order valence-corrected chi connectivity index (χ4v) is 3.54. The third-order valence-electron chi connectivity index (χ3n) is 4.84. The molecule has 0 aliphatic heterocycles. The topological polar surface area (TPSA) is 37.3 Å². The number of fused-ring (bicyclic) bond motifs is 1. The van der Waals surface area contributed by atoms with Crippen molar-refractivity contribution < 1.29 is 9.90 Å². The summed E-state index contributed by atoms with van der Waals surface area (Å²) in [5, 5.41) is 9.19. The summed E-state index contributed by atoms with van der Waals surface area (Å²) in [6.45, 7) is 6.34. The van der Waals surface area contributed by atoms with E-state index >= 15 is 0 Å². The third kappa shape index (κ3) is 2.23. The van der Waals surface area contributed by atoms with Crippen LogP contribution in [0.3, 0.4) is 0 Å². The molecule has 2 heteroatoms. The molecular formula is C15H22O2. The van der Waals surface area contributed by atoms with Gasteiger partial charge in [-0.25, -0.2) is 0 Å². The Morgan fingerprint density at radius 1 is 1.65 bits per heavy atom. The highest BCUT2D eigenvalue weighted by atomic mass is 16.3. The van der Waals surface area contributed by atoms with Crippen LogP contribution in [-0.2, 0) is 4.79 Å².